The Balaban J connectivity index is 1.54. The highest BCUT2D eigenvalue weighted by atomic mass is 16.2. The fourth-order valence-electron chi connectivity index (χ4n) is 4.49. The first kappa shape index (κ1) is 13.3. The molecule has 2 saturated carbocycles. The molecule has 1 amide bonds. The van der Waals surface area contributed by atoms with Crippen LogP contribution in [0.3, 0.4) is 0 Å². The molecule has 4 rings (SSSR count). The van der Waals surface area contributed by atoms with E-state index in [-0.39, 0.29) is 5.41 Å². The van der Waals surface area contributed by atoms with Crippen LogP contribution in [0.25, 0.3) is 0 Å². The smallest absolute Gasteiger partial charge is 0.233 e. The van der Waals surface area contributed by atoms with Gasteiger partial charge in [0.2, 0.25) is 5.91 Å². The normalized spacial score (nSPS) is 33.6. The van der Waals surface area contributed by atoms with E-state index >= 15 is 0 Å². The fraction of sp³-hybridized carbons (Fsp3) is 0.611. The Morgan fingerprint density at radius 1 is 1.14 bits per heavy atom. The number of hydrogen-bond donors (Lipinski definition) is 1. The van der Waals surface area contributed by atoms with Crippen molar-refractivity contribution in [3.63, 3.8) is 0 Å². The van der Waals surface area contributed by atoms with Crippen molar-refractivity contribution in [3.05, 3.63) is 35.9 Å². The Bertz CT molecular complexity index is 537. The van der Waals surface area contributed by atoms with Gasteiger partial charge in [0.25, 0.3) is 0 Å². The van der Waals surface area contributed by atoms with Gasteiger partial charge in [0.1, 0.15) is 0 Å². The third-order valence-electron chi connectivity index (χ3n) is 5.93. The van der Waals surface area contributed by atoms with E-state index in [1.165, 1.54) is 18.4 Å². The quantitative estimate of drug-likeness (QED) is 0.906. The molecule has 2 N–H and O–H groups in total. The number of rotatable bonds is 2. The molecule has 0 bridgehead atoms. The second-order valence-corrected chi connectivity index (χ2v) is 7.18. The minimum absolute atomic E-state index is 0.209. The number of amides is 1. The first-order valence-electron chi connectivity index (χ1n) is 8.31. The second kappa shape index (κ2) is 4.84. The van der Waals surface area contributed by atoms with Crippen LogP contribution in [0.1, 0.15) is 37.7 Å². The van der Waals surface area contributed by atoms with Crippen LogP contribution >= 0.6 is 0 Å². The molecular weight excluding hydrogens is 260 g/mol. The zero-order valence-corrected chi connectivity index (χ0v) is 12.5. The monoisotopic (exact) mass is 284 g/mol. The number of benzene rings is 1. The number of hydrogen-bond acceptors (Lipinski definition) is 2. The van der Waals surface area contributed by atoms with Gasteiger partial charge < -0.3 is 10.6 Å². The molecule has 112 valence electrons. The molecule has 1 aromatic rings. The third-order valence-corrected chi connectivity index (χ3v) is 5.93. The van der Waals surface area contributed by atoms with Gasteiger partial charge in [0, 0.05) is 19.1 Å². The minimum atomic E-state index is -0.209. The Hall–Kier alpha value is -1.35. The van der Waals surface area contributed by atoms with Gasteiger partial charge >= 0.3 is 0 Å². The van der Waals surface area contributed by atoms with Crippen LogP contribution in [0.5, 0.6) is 0 Å². The number of likely N-dealkylation sites (tertiary alicyclic amines) is 1. The van der Waals surface area contributed by atoms with Crippen LogP contribution in [-0.2, 0) is 10.2 Å². The van der Waals surface area contributed by atoms with Crippen molar-refractivity contribution in [2.45, 2.75) is 43.6 Å². The van der Waals surface area contributed by atoms with Gasteiger partial charge in [0.15, 0.2) is 0 Å². The average molecular weight is 284 g/mol. The van der Waals surface area contributed by atoms with Gasteiger partial charge in [-0.05, 0) is 43.1 Å². The molecule has 3 aliphatic rings. The van der Waals surface area contributed by atoms with E-state index in [2.05, 4.69) is 17.0 Å². The highest BCUT2D eigenvalue weighted by Crippen LogP contribution is 2.50. The first-order valence-corrected chi connectivity index (χ1v) is 8.31. The van der Waals surface area contributed by atoms with Crippen molar-refractivity contribution in [1.29, 1.82) is 0 Å². The molecule has 0 spiro atoms. The average Bonchev–Trinajstić information content (AvgIpc) is 3.21. The predicted molar refractivity (Wildman–Crippen MR) is 82.7 cm³/mol. The maximum atomic E-state index is 13.1. The summed E-state index contributed by atoms with van der Waals surface area (Å²) < 4.78 is 0. The molecule has 1 heterocycles. The molecule has 0 radical (unpaired) electrons. The van der Waals surface area contributed by atoms with Crippen LogP contribution in [0.15, 0.2) is 30.3 Å². The number of nitrogens with zero attached hydrogens (tertiary/aromatic N) is 1. The number of carbonyl (C=O) groups excluding carboxylic acids is 1. The van der Waals surface area contributed by atoms with Crippen LogP contribution in [-0.4, -0.2) is 29.9 Å². The van der Waals surface area contributed by atoms with Crippen molar-refractivity contribution in [1.82, 2.24) is 4.90 Å². The van der Waals surface area contributed by atoms with Gasteiger partial charge in [-0.3, -0.25) is 4.79 Å². The van der Waals surface area contributed by atoms with E-state index in [0.29, 0.717) is 23.8 Å². The second-order valence-electron chi connectivity index (χ2n) is 7.18. The summed E-state index contributed by atoms with van der Waals surface area (Å²) in [5.74, 6) is 1.54. The van der Waals surface area contributed by atoms with E-state index in [4.69, 9.17) is 5.73 Å². The fourth-order valence-corrected chi connectivity index (χ4v) is 4.49. The third kappa shape index (κ3) is 2.10. The zero-order valence-electron chi connectivity index (χ0n) is 12.5. The summed E-state index contributed by atoms with van der Waals surface area (Å²) in [7, 11) is 0. The molecule has 3 heteroatoms. The van der Waals surface area contributed by atoms with Crippen molar-refractivity contribution >= 4 is 5.91 Å². The molecule has 3 unspecified atom stereocenters. The molecule has 0 aromatic heterocycles. The molecule has 1 saturated heterocycles. The summed E-state index contributed by atoms with van der Waals surface area (Å²) in [4.78, 5) is 15.2. The molecule has 21 heavy (non-hydrogen) atoms. The summed E-state index contributed by atoms with van der Waals surface area (Å²) in [6.07, 6.45) is 5.63. The van der Waals surface area contributed by atoms with Gasteiger partial charge in [-0.2, -0.15) is 0 Å². The molecular formula is C18H24N2O. The number of carbonyl (C=O) groups is 1. The van der Waals surface area contributed by atoms with E-state index in [0.717, 1.165) is 32.4 Å². The van der Waals surface area contributed by atoms with E-state index < -0.39 is 0 Å². The SMILES string of the molecule is NC1CCCC2CN(C(=O)C3(c4ccccc4)CC3)CC12. The lowest BCUT2D eigenvalue weighted by Gasteiger charge is -2.29. The van der Waals surface area contributed by atoms with Gasteiger partial charge in [-0.1, -0.05) is 36.8 Å². The summed E-state index contributed by atoms with van der Waals surface area (Å²) in [5, 5.41) is 0. The minimum Gasteiger partial charge on any atom is -0.341 e. The zero-order chi connectivity index (χ0) is 14.4. The van der Waals surface area contributed by atoms with E-state index in [9.17, 15) is 4.79 Å². The maximum Gasteiger partial charge on any atom is 0.233 e. The van der Waals surface area contributed by atoms with Crippen molar-refractivity contribution < 1.29 is 4.79 Å². The van der Waals surface area contributed by atoms with E-state index in [1.807, 2.05) is 18.2 Å². The summed E-state index contributed by atoms with van der Waals surface area (Å²) in [5.41, 5.74) is 7.27. The van der Waals surface area contributed by atoms with E-state index in [1.54, 1.807) is 0 Å². The van der Waals surface area contributed by atoms with Crippen LogP contribution < -0.4 is 5.73 Å². The summed E-state index contributed by atoms with van der Waals surface area (Å²) in [6, 6.07) is 10.6. The Labute approximate surface area is 126 Å². The molecule has 1 aliphatic heterocycles. The topological polar surface area (TPSA) is 46.3 Å². The molecule has 3 nitrogen and oxygen atoms in total. The number of fused-ring (bicyclic) bond motifs is 1. The van der Waals surface area contributed by atoms with Gasteiger partial charge in [-0.25, -0.2) is 0 Å². The predicted octanol–water partition coefficient (Wildman–Crippen LogP) is 2.30. The van der Waals surface area contributed by atoms with Crippen molar-refractivity contribution in [2.24, 2.45) is 17.6 Å². The number of nitrogens with two attached hydrogens (primary N) is 1. The van der Waals surface area contributed by atoms with Crippen LogP contribution in [0.4, 0.5) is 0 Å². The maximum absolute atomic E-state index is 13.1. The lowest BCUT2D eigenvalue weighted by Crippen LogP contribution is -2.40. The van der Waals surface area contributed by atoms with Crippen molar-refractivity contribution in [2.75, 3.05) is 13.1 Å². The Morgan fingerprint density at radius 2 is 1.90 bits per heavy atom. The molecule has 2 aliphatic carbocycles. The summed E-state index contributed by atoms with van der Waals surface area (Å²) in [6.45, 7) is 1.82. The van der Waals surface area contributed by atoms with Crippen LogP contribution in [0, 0.1) is 11.8 Å². The largest absolute Gasteiger partial charge is 0.341 e. The highest BCUT2D eigenvalue weighted by molar-refractivity contribution is 5.91. The molecule has 3 atom stereocenters. The molecule has 3 fully saturated rings. The standard InChI is InChI=1S/C18H24N2O/c19-16-8-4-5-13-11-20(12-15(13)16)17(21)18(9-10-18)14-6-2-1-3-7-14/h1-3,6-7,13,15-16H,4-5,8-12,19H2. The Kier molecular flexibility index (Phi) is 3.07. The van der Waals surface area contributed by atoms with Gasteiger partial charge in [-0.15, -0.1) is 0 Å². The lowest BCUT2D eigenvalue weighted by atomic mass is 9.78. The van der Waals surface area contributed by atoms with Crippen LogP contribution in [0.2, 0.25) is 0 Å². The van der Waals surface area contributed by atoms with Gasteiger partial charge in [0.05, 0.1) is 5.41 Å². The lowest BCUT2D eigenvalue weighted by molar-refractivity contribution is -0.133. The van der Waals surface area contributed by atoms with Crippen molar-refractivity contribution in [3.8, 4) is 0 Å². The molecule has 1 aromatic carbocycles. The Morgan fingerprint density at radius 3 is 2.57 bits per heavy atom. The highest BCUT2D eigenvalue weighted by Gasteiger charge is 2.54. The first-order chi connectivity index (χ1) is 10.2. The summed E-state index contributed by atoms with van der Waals surface area (Å²) >= 11 is 0.